The first-order valence-electron chi connectivity index (χ1n) is 7.71. The first kappa shape index (κ1) is 14.3. The van der Waals surface area contributed by atoms with E-state index < -0.39 is 5.79 Å². The van der Waals surface area contributed by atoms with Gasteiger partial charge in [0.1, 0.15) is 0 Å². The van der Waals surface area contributed by atoms with E-state index in [1.54, 1.807) is 6.08 Å². The van der Waals surface area contributed by atoms with Gasteiger partial charge in [0.25, 0.3) is 0 Å². The van der Waals surface area contributed by atoms with Crippen molar-refractivity contribution in [2.45, 2.75) is 59.4 Å². The van der Waals surface area contributed by atoms with Gasteiger partial charge in [-0.1, -0.05) is 26.8 Å². The van der Waals surface area contributed by atoms with Crippen molar-refractivity contribution in [2.75, 3.05) is 6.61 Å². The predicted molar refractivity (Wildman–Crippen MR) is 77.2 cm³/mol. The standard InChI is InChI=1S/C17H26O3/c1-15(2)9-8-14-17(5)11(10-19-16(3,4)20-14)12(18)6-7-13(15)17/h6-7,11,13-14H,8-10H2,1-5H3/t11-,13+,14+,17-/m1/s1. The molecule has 2 aliphatic carbocycles. The summed E-state index contributed by atoms with van der Waals surface area (Å²) in [6, 6.07) is 0. The highest BCUT2D eigenvalue weighted by Crippen LogP contribution is 2.59. The number of rotatable bonds is 0. The molecule has 0 aromatic heterocycles. The van der Waals surface area contributed by atoms with Crippen LogP contribution in [0.3, 0.4) is 0 Å². The van der Waals surface area contributed by atoms with Gasteiger partial charge in [-0.3, -0.25) is 4.79 Å². The first-order valence-corrected chi connectivity index (χ1v) is 7.71. The Morgan fingerprint density at radius 1 is 1.20 bits per heavy atom. The Hall–Kier alpha value is -0.670. The maximum atomic E-state index is 12.4. The summed E-state index contributed by atoms with van der Waals surface area (Å²) >= 11 is 0. The van der Waals surface area contributed by atoms with E-state index in [1.165, 1.54) is 0 Å². The summed E-state index contributed by atoms with van der Waals surface area (Å²) in [5.41, 5.74) is 0.0555. The summed E-state index contributed by atoms with van der Waals surface area (Å²) in [6.45, 7) is 11.2. The van der Waals surface area contributed by atoms with Crippen LogP contribution in [0.2, 0.25) is 0 Å². The number of allylic oxidation sites excluding steroid dienone is 2. The Balaban J connectivity index is 2.10. The molecule has 3 rings (SSSR count). The smallest absolute Gasteiger partial charge is 0.163 e. The van der Waals surface area contributed by atoms with Crippen molar-refractivity contribution in [1.29, 1.82) is 0 Å². The Labute approximate surface area is 121 Å². The van der Waals surface area contributed by atoms with Crippen LogP contribution in [0.15, 0.2) is 12.2 Å². The van der Waals surface area contributed by atoms with Crippen molar-refractivity contribution in [3.05, 3.63) is 12.2 Å². The maximum Gasteiger partial charge on any atom is 0.163 e. The third-order valence-electron chi connectivity index (χ3n) is 5.83. The van der Waals surface area contributed by atoms with Crippen molar-refractivity contribution in [2.24, 2.45) is 22.7 Å². The van der Waals surface area contributed by atoms with Crippen LogP contribution in [-0.2, 0) is 14.3 Å². The minimum Gasteiger partial charge on any atom is -0.350 e. The van der Waals surface area contributed by atoms with Crippen molar-refractivity contribution in [3.8, 4) is 0 Å². The lowest BCUT2D eigenvalue weighted by molar-refractivity contribution is -0.245. The van der Waals surface area contributed by atoms with Gasteiger partial charge in [0.05, 0.1) is 18.6 Å². The SMILES string of the molecule is CC1(C)OC[C@@H]2C(=O)C=C[C@H]3C(C)(C)CC[C@H](O1)[C@]23C. The van der Waals surface area contributed by atoms with Gasteiger partial charge in [0.2, 0.25) is 0 Å². The molecule has 0 amide bonds. The van der Waals surface area contributed by atoms with E-state index in [4.69, 9.17) is 9.47 Å². The van der Waals surface area contributed by atoms with Gasteiger partial charge in [0.15, 0.2) is 11.6 Å². The molecule has 2 fully saturated rings. The molecule has 0 radical (unpaired) electrons. The summed E-state index contributed by atoms with van der Waals surface area (Å²) < 4.78 is 12.2. The molecule has 0 N–H and O–H groups in total. The molecule has 20 heavy (non-hydrogen) atoms. The maximum absolute atomic E-state index is 12.4. The second-order valence-corrected chi connectivity index (χ2v) is 8.00. The number of carbonyl (C=O) groups excluding carboxylic acids is 1. The van der Waals surface area contributed by atoms with E-state index >= 15 is 0 Å². The molecule has 0 bridgehead atoms. The minimum absolute atomic E-state index is 0.0798. The molecule has 0 unspecified atom stereocenters. The van der Waals surface area contributed by atoms with E-state index in [0.29, 0.717) is 12.5 Å². The Bertz CT molecular complexity index is 463. The van der Waals surface area contributed by atoms with Gasteiger partial charge in [-0.15, -0.1) is 0 Å². The largest absolute Gasteiger partial charge is 0.350 e. The molecule has 1 saturated heterocycles. The van der Waals surface area contributed by atoms with Crippen molar-refractivity contribution >= 4 is 5.78 Å². The number of hydrogen-bond donors (Lipinski definition) is 0. The van der Waals surface area contributed by atoms with Crippen molar-refractivity contribution < 1.29 is 14.3 Å². The van der Waals surface area contributed by atoms with Gasteiger partial charge in [-0.05, 0) is 44.1 Å². The first-order chi connectivity index (χ1) is 9.17. The molecule has 0 aromatic rings. The highest BCUT2D eigenvalue weighted by atomic mass is 16.7. The van der Waals surface area contributed by atoms with Crippen LogP contribution >= 0.6 is 0 Å². The predicted octanol–water partition coefficient (Wildman–Crippen LogP) is 3.34. The fourth-order valence-corrected chi connectivity index (χ4v) is 4.64. The summed E-state index contributed by atoms with van der Waals surface area (Å²) in [5.74, 6) is -0.109. The van der Waals surface area contributed by atoms with E-state index in [2.05, 4.69) is 26.8 Å². The molecule has 1 heterocycles. The van der Waals surface area contributed by atoms with Crippen LogP contribution < -0.4 is 0 Å². The van der Waals surface area contributed by atoms with Gasteiger partial charge in [0, 0.05) is 5.41 Å². The summed E-state index contributed by atoms with van der Waals surface area (Å²) in [4.78, 5) is 12.4. The quantitative estimate of drug-likeness (QED) is 0.682. The van der Waals surface area contributed by atoms with Crippen LogP contribution in [0.5, 0.6) is 0 Å². The van der Waals surface area contributed by atoms with Crippen LogP contribution in [0, 0.1) is 22.7 Å². The Kier molecular flexibility index (Phi) is 2.98. The van der Waals surface area contributed by atoms with E-state index in [-0.39, 0.29) is 28.6 Å². The van der Waals surface area contributed by atoms with E-state index in [0.717, 1.165) is 12.8 Å². The summed E-state index contributed by atoms with van der Waals surface area (Å²) in [6.07, 6.45) is 6.14. The molecule has 0 spiro atoms. The molecular weight excluding hydrogens is 252 g/mol. The molecule has 0 aromatic carbocycles. The van der Waals surface area contributed by atoms with Gasteiger partial charge >= 0.3 is 0 Å². The van der Waals surface area contributed by atoms with Crippen molar-refractivity contribution in [3.63, 3.8) is 0 Å². The fraction of sp³-hybridized carbons (Fsp3) is 0.824. The number of carbonyl (C=O) groups is 1. The van der Waals surface area contributed by atoms with Crippen molar-refractivity contribution in [1.82, 2.24) is 0 Å². The average molecular weight is 278 g/mol. The Morgan fingerprint density at radius 3 is 2.60 bits per heavy atom. The second-order valence-electron chi connectivity index (χ2n) is 8.00. The lowest BCUT2D eigenvalue weighted by atomic mass is 9.49. The topological polar surface area (TPSA) is 35.5 Å². The zero-order chi connectivity index (χ0) is 14.8. The number of hydrogen-bond acceptors (Lipinski definition) is 3. The van der Waals surface area contributed by atoms with Gasteiger partial charge in [-0.25, -0.2) is 0 Å². The molecule has 1 saturated carbocycles. The molecule has 4 atom stereocenters. The highest BCUT2D eigenvalue weighted by Gasteiger charge is 2.60. The summed E-state index contributed by atoms with van der Waals surface area (Å²) in [5, 5.41) is 0. The molecule has 3 heteroatoms. The molecule has 3 nitrogen and oxygen atoms in total. The molecule has 3 aliphatic rings. The average Bonchev–Trinajstić information content (AvgIpc) is 2.41. The Morgan fingerprint density at radius 2 is 1.90 bits per heavy atom. The number of ether oxygens (including phenoxy) is 2. The normalized spacial score (nSPS) is 45.6. The van der Waals surface area contributed by atoms with Gasteiger partial charge in [-0.2, -0.15) is 0 Å². The van der Waals surface area contributed by atoms with E-state index in [1.807, 2.05) is 13.8 Å². The number of ketones is 1. The van der Waals surface area contributed by atoms with Crippen LogP contribution in [0.4, 0.5) is 0 Å². The monoisotopic (exact) mass is 278 g/mol. The van der Waals surface area contributed by atoms with Crippen LogP contribution in [0.1, 0.15) is 47.5 Å². The molecular formula is C17H26O3. The van der Waals surface area contributed by atoms with E-state index in [9.17, 15) is 4.79 Å². The summed E-state index contributed by atoms with van der Waals surface area (Å²) in [7, 11) is 0. The zero-order valence-electron chi connectivity index (χ0n) is 13.2. The second kappa shape index (κ2) is 4.17. The molecule has 112 valence electrons. The molecule has 1 aliphatic heterocycles. The van der Waals surface area contributed by atoms with Crippen LogP contribution in [0.25, 0.3) is 0 Å². The van der Waals surface area contributed by atoms with Crippen LogP contribution in [-0.4, -0.2) is 24.3 Å². The third-order valence-corrected chi connectivity index (χ3v) is 5.83. The zero-order valence-corrected chi connectivity index (χ0v) is 13.2. The fourth-order valence-electron chi connectivity index (χ4n) is 4.64. The lowest BCUT2D eigenvalue weighted by Gasteiger charge is -2.56. The minimum atomic E-state index is -0.600. The third kappa shape index (κ3) is 1.90. The lowest BCUT2D eigenvalue weighted by Crippen LogP contribution is -2.57. The highest BCUT2D eigenvalue weighted by molar-refractivity contribution is 5.93. The van der Waals surface area contributed by atoms with Gasteiger partial charge < -0.3 is 9.47 Å².